The van der Waals surface area contributed by atoms with Crippen molar-refractivity contribution in [3.8, 4) is 0 Å². The molecule has 0 bridgehead atoms. The quantitative estimate of drug-likeness (QED) is 0.307. The van der Waals surface area contributed by atoms with E-state index < -0.39 is 37.3 Å². The van der Waals surface area contributed by atoms with Crippen LogP contribution in [0.4, 0.5) is 0 Å². The van der Waals surface area contributed by atoms with Crippen LogP contribution in [0.25, 0.3) is 0 Å². The van der Waals surface area contributed by atoms with E-state index in [0.717, 1.165) is 54.8 Å². The molecular formula is C33H58O6. The first-order valence-electron chi connectivity index (χ1n) is 16.5. The number of ether oxygens (including phenoxy) is 2. The highest BCUT2D eigenvalue weighted by atomic mass is 16.7. The van der Waals surface area contributed by atoms with Gasteiger partial charge in [-0.3, -0.25) is 0 Å². The van der Waals surface area contributed by atoms with E-state index in [2.05, 4.69) is 34.6 Å². The molecule has 39 heavy (non-hydrogen) atoms. The smallest absolute Gasteiger partial charge is 0.186 e. The van der Waals surface area contributed by atoms with E-state index in [4.69, 9.17) is 9.47 Å². The van der Waals surface area contributed by atoms with Gasteiger partial charge in [0, 0.05) is 0 Å². The summed E-state index contributed by atoms with van der Waals surface area (Å²) >= 11 is 0. The topological polar surface area (TPSA) is 99.4 Å². The van der Waals surface area contributed by atoms with Crippen molar-refractivity contribution in [3.05, 3.63) is 0 Å². The fourth-order valence-electron chi connectivity index (χ4n) is 10.7. The molecule has 0 radical (unpaired) electrons. The highest BCUT2D eigenvalue weighted by Gasteiger charge is 2.61. The van der Waals surface area contributed by atoms with Crippen molar-refractivity contribution in [3.63, 3.8) is 0 Å². The summed E-state index contributed by atoms with van der Waals surface area (Å²) in [6, 6.07) is 0. The van der Waals surface area contributed by atoms with Crippen LogP contribution in [0.1, 0.15) is 112 Å². The van der Waals surface area contributed by atoms with Gasteiger partial charge >= 0.3 is 0 Å². The molecule has 0 aromatic carbocycles. The largest absolute Gasteiger partial charge is 0.394 e. The zero-order valence-electron chi connectivity index (χ0n) is 25.3. The van der Waals surface area contributed by atoms with Gasteiger partial charge in [-0.25, -0.2) is 0 Å². The van der Waals surface area contributed by atoms with Gasteiger partial charge in [-0.05, 0) is 110 Å². The van der Waals surface area contributed by atoms with Gasteiger partial charge in [0.15, 0.2) is 6.29 Å². The Morgan fingerprint density at radius 2 is 1.54 bits per heavy atom. The number of aliphatic hydroxyl groups is 4. The van der Waals surface area contributed by atoms with E-state index in [1.54, 1.807) is 0 Å². The molecule has 5 fully saturated rings. The first-order valence-corrected chi connectivity index (χ1v) is 16.5. The maximum Gasteiger partial charge on any atom is 0.186 e. The summed E-state index contributed by atoms with van der Waals surface area (Å²) in [7, 11) is 0. The Hall–Kier alpha value is -0.240. The molecule has 1 heterocycles. The summed E-state index contributed by atoms with van der Waals surface area (Å²) < 4.78 is 11.9. The van der Waals surface area contributed by atoms with E-state index in [1.807, 2.05) is 0 Å². The lowest BCUT2D eigenvalue weighted by molar-refractivity contribution is -0.316. The van der Waals surface area contributed by atoms with Gasteiger partial charge in [0.1, 0.15) is 24.4 Å². The molecule has 4 N–H and O–H groups in total. The van der Waals surface area contributed by atoms with Crippen LogP contribution < -0.4 is 0 Å². The average molecular weight is 551 g/mol. The Balaban J connectivity index is 1.21. The Morgan fingerprint density at radius 3 is 2.26 bits per heavy atom. The van der Waals surface area contributed by atoms with E-state index >= 15 is 0 Å². The summed E-state index contributed by atoms with van der Waals surface area (Å²) in [5, 5.41) is 40.3. The third-order valence-electron chi connectivity index (χ3n) is 13.0. The maximum atomic E-state index is 10.5. The molecule has 5 rings (SSSR count). The Labute approximate surface area is 237 Å². The van der Waals surface area contributed by atoms with Crippen molar-refractivity contribution >= 4 is 0 Å². The van der Waals surface area contributed by atoms with Gasteiger partial charge in [-0.1, -0.05) is 53.9 Å². The minimum Gasteiger partial charge on any atom is -0.394 e. The van der Waals surface area contributed by atoms with Gasteiger partial charge in [-0.15, -0.1) is 0 Å². The van der Waals surface area contributed by atoms with Crippen molar-refractivity contribution in [1.29, 1.82) is 0 Å². The molecule has 1 saturated heterocycles. The zero-order chi connectivity index (χ0) is 28.1. The first kappa shape index (κ1) is 30.2. The Kier molecular flexibility index (Phi) is 9.14. The molecule has 4 saturated carbocycles. The molecule has 5 aliphatic rings. The molecule has 0 aromatic rings. The Morgan fingerprint density at radius 1 is 0.821 bits per heavy atom. The van der Waals surface area contributed by atoms with Gasteiger partial charge < -0.3 is 29.9 Å². The Bertz CT molecular complexity index is 818. The third kappa shape index (κ3) is 5.49. The maximum absolute atomic E-state index is 10.5. The highest BCUT2D eigenvalue weighted by Crippen LogP contribution is 2.68. The molecule has 6 nitrogen and oxygen atoms in total. The minimum absolute atomic E-state index is 0.0301. The molecule has 14 atom stereocenters. The highest BCUT2D eigenvalue weighted by molar-refractivity contribution is 5.10. The van der Waals surface area contributed by atoms with Gasteiger partial charge in [0.25, 0.3) is 0 Å². The lowest BCUT2D eigenvalue weighted by Gasteiger charge is -2.61. The predicted molar refractivity (Wildman–Crippen MR) is 152 cm³/mol. The predicted octanol–water partition coefficient (Wildman–Crippen LogP) is 5.29. The summed E-state index contributed by atoms with van der Waals surface area (Å²) in [6.45, 7) is 12.1. The van der Waals surface area contributed by atoms with E-state index in [-0.39, 0.29) is 6.10 Å². The number of fused-ring (bicyclic) bond motifs is 5. The van der Waals surface area contributed by atoms with E-state index in [1.165, 1.54) is 57.8 Å². The fourth-order valence-corrected chi connectivity index (χ4v) is 10.7. The number of aliphatic hydroxyl groups excluding tert-OH is 4. The lowest BCUT2D eigenvalue weighted by atomic mass is 9.44. The molecule has 6 heteroatoms. The number of rotatable bonds is 8. The van der Waals surface area contributed by atoms with Crippen LogP contribution in [0.5, 0.6) is 0 Å². The molecule has 4 aliphatic carbocycles. The standard InChI is InChI=1S/C33H58O6/c1-19(2)7-6-8-20(3)24-11-12-25-23-10-9-21-17-22(13-15-32(21,4)26(23)14-16-33(24,25)5)38-31-30(37)29(36)28(35)27(18-34)39-31/h19-31,34-37H,6-18H2,1-5H3/t20-,21-,22+,23+,24-,25+,26+,27-,28-,29+,30-,31-,32+,33-/m1/s1. The van der Waals surface area contributed by atoms with Crippen LogP contribution in [0.15, 0.2) is 0 Å². The molecule has 1 aliphatic heterocycles. The second-order valence-electron chi connectivity index (χ2n) is 15.4. The monoisotopic (exact) mass is 550 g/mol. The number of hydrogen-bond acceptors (Lipinski definition) is 6. The minimum atomic E-state index is -1.38. The van der Waals surface area contributed by atoms with Crippen molar-refractivity contribution in [2.75, 3.05) is 6.61 Å². The van der Waals surface area contributed by atoms with Crippen LogP contribution >= 0.6 is 0 Å². The van der Waals surface area contributed by atoms with Crippen LogP contribution in [-0.2, 0) is 9.47 Å². The molecule has 226 valence electrons. The third-order valence-corrected chi connectivity index (χ3v) is 13.0. The van der Waals surface area contributed by atoms with Crippen LogP contribution in [-0.4, -0.2) is 63.8 Å². The van der Waals surface area contributed by atoms with Crippen LogP contribution in [0.3, 0.4) is 0 Å². The van der Waals surface area contributed by atoms with Gasteiger partial charge in [0.2, 0.25) is 0 Å². The van der Waals surface area contributed by atoms with Crippen LogP contribution in [0, 0.1) is 52.3 Å². The molecule has 0 unspecified atom stereocenters. The van der Waals surface area contributed by atoms with E-state index in [9.17, 15) is 20.4 Å². The summed E-state index contributed by atoms with van der Waals surface area (Å²) in [4.78, 5) is 0. The average Bonchev–Trinajstić information content (AvgIpc) is 3.26. The number of hydrogen-bond donors (Lipinski definition) is 4. The summed E-state index contributed by atoms with van der Waals surface area (Å²) in [6.07, 6.45) is 9.41. The van der Waals surface area contributed by atoms with Crippen molar-refractivity contribution in [2.24, 2.45) is 52.3 Å². The zero-order valence-corrected chi connectivity index (χ0v) is 25.3. The lowest BCUT2D eigenvalue weighted by Crippen LogP contribution is -2.60. The van der Waals surface area contributed by atoms with Crippen molar-refractivity contribution in [2.45, 2.75) is 148 Å². The normalized spacial score (nSPS) is 50.8. The van der Waals surface area contributed by atoms with E-state index in [0.29, 0.717) is 16.7 Å². The summed E-state index contributed by atoms with van der Waals surface area (Å²) in [5.74, 6) is 5.71. The van der Waals surface area contributed by atoms with Gasteiger partial charge in [-0.2, -0.15) is 0 Å². The second-order valence-corrected chi connectivity index (χ2v) is 15.4. The fraction of sp³-hybridized carbons (Fsp3) is 1.00. The van der Waals surface area contributed by atoms with Crippen molar-refractivity contribution in [1.82, 2.24) is 0 Å². The molecule has 0 aromatic heterocycles. The second kappa shape index (κ2) is 11.8. The molecule has 0 spiro atoms. The van der Waals surface area contributed by atoms with Crippen molar-refractivity contribution < 1.29 is 29.9 Å². The molecular weight excluding hydrogens is 492 g/mol. The first-order chi connectivity index (χ1) is 18.5. The van der Waals surface area contributed by atoms with Gasteiger partial charge in [0.05, 0.1) is 12.7 Å². The molecule has 0 amide bonds. The summed E-state index contributed by atoms with van der Waals surface area (Å²) in [5.41, 5.74) is 0.867. The van der Waals surface area contributed by atoms with Crippen LogP contribution in [0.2, 0.25) is 0 Å². The SMILES string of the molecule is CC(C)CCC[C@@H](C)[C@H]1CC[C@H]2[C@@H]3CC[C@@H]4C[C@@H](O[C@@H]5O[C@H](CO)[C@@H](O)[C@H](O)[C@H]5O)CC[C@]4(C)[C@H]3CC[C@]12C.